The summed E-state index contributed by atoms with van der Waals surface area (Å²) >= 11 is 1.87. The molecule has 0 aromatic carbocycles. The minimum absolute atomic E-state index is 0.643. The van der Waals surface area contributed by atoms with E-state index in [0.29, 0.717) is 5.92 Å². The number of ether oxygens (including phenoxy) is 1. The van der Waals surface area contributed by atoms with Gasteiger partial charge in [0.05, 0.1) is 13.2 Å². The quantitative estimate of drug-likeness (QED) is 0.319. The Labute approximate surface area is 121 Å². The molecule has 1 unspecified atom stereocenters. The maximum atomic E-state index is 5.24. The summed E-state index contributed by atoms with van der Waals surface area (Å²) in [6.07, 6.45) is 3.14. The molecule has 1 rings (SSSR count). The highest BCUT2D eigenvalue weighted by molar-refractivity contribution is 7.99. The van der Waals surface area contributed by atoms with Crippen LogP contribution in [0.3, 0.4) is 0 Å². The molecule has 1 atom stereocenters. The van der Waals surface area contributed by atoms with E-state index in [-0.39, 0.29) is 0 Å². The molecule has 0 aromatic rings. The van der Waals surface area contributed by atoms with E-state index < -0.39 is 0 Å². The Morgan fingerprint density at radius 3 is 3.16 bits per heavy atom. The molecule has 0 spiro atoms. The monoisotopic (exact) mass is 285 g/mol. The molecular formula is C14H27N3OS. The van der Waals surface area contributed by atoms with Gasteiger partial charge in [-0.3, -0.25) is 4.99 Å². The number of aliphatic imine (C=N–C) groups is 1. The second-order valence-electron chi connectivity index (χ2n) is 4.66. The summed E-state index contributed by atoms with van der Waals surface area (Å²) in [5.41, 5.74) is 0. The van der Waals surface area contributed by atoms with Crippen molar-refractivity contribution in [2.45, 2.75) is 13.3 Å². The van der Waals surface area contributed by atoms with Crippen LogP contribution in [-0.4, -0.2) is 62.3 Å². The third kappa shape index (κ3) is 6.34. The summed E-state index contributed by atoms with van der Waals surface area (Å²) in [5, 5.41) is 3.38. The molecule has 0 aliphatic carbocycles. The van der Waals surface area contributed by atoms with Gasteiger partial charge in [-0.2, -0.15) is 11.8 Å². The Bertz CT molecular complexity index is 284. The number of rotatable bonds is 8. The first kappa shape index (κ1) is 16.4. The highest BCUT2D eigenvalue weighted by Crippen LogP contribution is 2.16. The van der Waals surface area contributed by atoms with Crippen molar-refractivity contribution in [3.63, 3.8) is 0 Å². The number of guanidine groups is 1. The zero-order valence-electron chi connectivity index (χ0n) is 12.2. The summed E-state index contributed by atoms with van der Waals surface area (Å²) in [6.45, 7) is 10.6. The molecule has 0 aromatic heterocycles. The Balaban J connectivity index is 2.38. The highest BCUT2D eigenvalue weighted by atomic mass is 32.2. The number of likely N-dealkylation sites (tertiary alicyclic amines) is 1. The van der Waals surface area contributed by atoms with Crippen molar-refractivity contribution in [1.29, 1.82) is 0 Å². The van der Waals surface area contributed by atoms with Crippen LogP contribution >= 0.6 is 11.8 Å². The van der Waals surface area contributed by atoms with Crippen molar-refractivity contribution in [2.24, 2.45) is 10.9 Å². The van der Waals surface area contributed by atoms with Gasteiger partial charge in [-0.05, 0) is 13.3 Å². The van der Waals surface area contributed by atoms with E-state index in [0.717, 1.165) is 50.3 Å². The van der Waals surface area contributed by atoms with E-state index >= 15 is 0 Å². The fourth-order valence-electron chi connectivity index (χ4n) is 2.21. The fourth-order valence-corrected chi connectivity index (χ4v) is 2.76. The summed E-state index contributed by atoms with van der Waals surface area (Å²) < 4.78 is 5.24. The lowest BCUT2D eigenvalue weighted by molar-refractivity contribution is 0.157. The van der Waals surface area contributed by atoms with Gasteiger partial charge in [-0.15, -0.1) is 6.58 Å². The van der Waals surface area contributed by atoms with Crippen LogP contribution in [0.15, 0.2) is 17.6 Å². The Morgan fingerprint density at radius 2 is 2.47 bits per heavy atom. The van der Waals surface area contributed by atoms with Crippen molar-refractivity contribution in [1.82, 2.24) is 10.2 Å². The van der Waals surface area contributed by atoms with E-state index in [2.05, 4.69) is 23.7 Å². The van der Waals surface area contributed by atoms with E-state index in [4.69, 9.17) is 9.73 Å². The third-order valence-electron chi connectivity index (χ3n) is 3.06. The first-order chi connectivity index (χ1) is 9.31. The van der Waals surface area contributed by atoms with Gasteiger partial charge in [0.2, 0.25) is 0 Å². The molecule has 1 heterocycles. The first-order valence-electron chi connectivity index (χ1n) is 7.02. The minimum Gasteiger partial charge on any atom is -0.384 e. The van der Waals surface area contributed by atoms with Crippen LogP contribution in [0.5, 0.6) is 0 Å². The van der Waals surface area contributed by atoms with Crippen LogP contribution in [0.1, 0.15) is 13.3 Å². The molecule has 0 amide bonds. The molecule has 4 nitrogen and oxygen atoms in total. The molecule has 1 aliphatic rings. The maximum absolute atomic E-state index is 5.24. The van der Waals surface area contributed by atoms with Crippen LogP contribution in [0.25, 0.3) is 0 Å². The van der Waals surface area contributed by atoms with Gasteiger partial charge in [0.15, 0.2) is 5.96 Å². The van der Waals surface area contributed by atoms with E-state index in [1.165, 1.54) is 6.42 Å². The predicted molar refractivity (Wildman–Crippen MR) is 85.1 cm³/mol. The molecule has 1 fully saturated rings. The second-order valence-corrected chi connectivity index (χ2v) is 5.81. The Morgan fingerprint density at radius 1 is 1.63 bits per heavy atom. The second kappa shape index (κ2) is 10.1. The number of methoxy groups -OCH3 is 1. The molecule has 5 heteroatoms. The summed E-state index contributed by atoms with van der Waals surface area (Å²) in [5.74, 6) is 3.76. The summed E-state index contributed by atoms with van der Waals surface area (Å²) in [4.78, 5) is 7.05. The number of hydrogen-bond acceptors (Lipinski definition) is 3. The molecule has 1 N–H and O–H groups in total. The smallest absolute Gasteiger partial charge is 0.193 e. The van der Waals surface area contributed by atoms with Crippen molar-refractivity contribution in [3.05, 3.63) is 12.7 Å². The molecule has 0 bridgehead atoms. The normalized spacial score (nSPS) is 19.8. The number of nitrogens with zero attached hydrogens (tertiary/aromatic N) is 2. The van der Waals surface area contributed by atoms with Gasteiger partial charge >= 0.3 is 0 Å². The van der Waals surface area contributed by atoms with Gasteiger partial charge in [0.1, 0.15) is 0 Å². The predicted octanol–water partition coefficient (Wildman–Crippen LogP) is 1.84. The summed E-state index contributed by atoms with van der Waals surface area (Å²) in [7, 11) is 1.78. The molecule has 19 heavy (non-hydrogen) atoms. The molecular weight excluding hydrogens is 258 g/mol. The minimum atomic E-state index is 0.643. The molecule has 1 saturated heterocycles. The zero-order valence-corrected chi connectivity index (χ0v) is 13.0. The van der Waals surface area contributed by atoms with E-state index in [1.54, 1.807) is 7.11 Å². The average molecular weight is 285 g/mol. The standard InChI is InChI=1S/C14H27N3OS/c1-4-9-19-10-7-16-14(15-5-2)17-8-6-13(11-17)12-18-3/h4,13H,1,5-12H2,2-3H3,(H,15,16). The van der Waals surface area contributed by atoms with Crippen LogP contribution in [0, 0.1) is 5.92 Å². The Kier molecular flexibility index (Phi) is 8.75. The van der Waals surface area contributed by atoms with Gasteiger partial charge < -0.3 is 15.0 Å². The van der Waals surface area contributed by atoms with Gasteiger partial charge in [0.25, 0.3) is 0 Å². The summed E-state index contributed by atoms with van der Waals surface area (Å²) in [6, 6.07) is 0. The SMILES string of the molecule is C=CCSCCN=C(NCC)N1CCC(COC)C1. The third-order valence-corrected chi connectivity index (χ3v) is 4.00. The zero-order chi connectivity index (χ0) is 13.9. The average Bonchev–Trinajstić information content (AvgIpc) is 2.86. The van der Waals surface area contributed by atoms with Crippen LogP contribution in [0.2, 0.25) is 0 Å². The lowest BCUT2D eigenvalue weighted by Crippen LogP contribution is -2.40. The molecule has 0 radical (unpaired) electrons. The fraction of sp³-hybridized carbons (Fsp3) is 0.786. The van der Waals surface area contributed by atoms with Crippen molar-refractivity contribution < 1.29 is 4.74 Å². The maximum Gasteiger partial charge on any atom is 0.193 e. The van der Waals surface area contributed by atoms with Crippen LogP contribution in [-0.2, 0) is 4.74 Å². The number of thioether (sulfide) groups is 1. The van der Waals surface area contributed by atoms with Crippen molar-refractivity contribution in [3.8, 4) is 0 Å². The van der Waals surface area contributed by atoms with Gasteiger partial charge in [-0.25, -0.2) is 0 Å². The lowest BCUT2D eigenvalue weighted by Gasteiger charge is -2.21. The Hall–Kier alpha value is -0.680. The van der Waals surface area contributed by atoms with Crippen LogP contribution in [0.4, 0.5) is 0 Å². The number of hydrogen-bond donors (Lipinski definition) is 1. The van der Waals surface area contributed by atoms with Crippen molar-refractivity contribution >= 4 is 17.7 Å². The molecule has 110 valence electrons. The topological polar surface area (TPSA) is 36.9 Å². The van der Waals surface area contributed by atoms with Gasteiger partial charge in [-0.1, -0.05) is 6.08 Å². The lowest BCUT2D eigenvalue weighted by atomic mass is 10.1. The largest absolute Gasteiger partial charge is 0.384 e. The number of nitrogens with one attached hydrogen (secondary N) is 1. The van der Waals surface area contributed by atoms with E-state index in [9.17, 15) is 0 Å². The highest BCUT2D eigenvalue weighted by Gasteiger charge is 2.24. The van der Waals surface area contributed by atoms with Crippen molar-refractivity contribution in [2.75, 3.05) is 51.4 Å². The first-order valence-corrected chi connectivity index (χ1v) is 8.18. The molecule has 0 saturated carbocycles. The molecule has 1 aliphatic heterocycles. The van der Waals surface area contributed by atoms with Gasteiger partial charge in [0, 0.05) is 44.2 Å². The van der Waals surface area contributed by atoms with Crippen LogP contribution < -0.4 is 5.32 Å². The van der Waals surface area contributed by atoms with E-state index in [1.807, 2.05) is 17.8 Å².